The van der Waals surface area contributed by atoms with Crippen LogP contribution in [-0.4, -0.2) is 26.8 Å². The van der Waals surface area contributed by atoms with Gasteiger partial charge in [-0.15, -0.1) is 0 Å². The molecule has 2 aromatic carbocycles. The minimum absolute atomic E-state index is 0.227. The van der Waals surface area contributed by atoms with Crippen molar-refractivity contribution in [2.45, 2.75) is 31.5 Å². The molecule has 0 saturated carbocycles. The molecule has 35 heavy (non-hydrogen) atoms. The molecule has 0 spiro atoms. The third-order valence-electron chi connectivity index (χ3n) is 5.34. The number of benzene rings is 2. The Balaban J connectivity index is 2.17. The third-order valence-corrected chi connectivity index (χ3v) is 6.55. The highest BCUT2D eigenvalue weighted by Crippen LogP contribution is 2.38. The molecule has 0 saturated heterocycles. The highest BCUT2D eigenvalue weighted by molar-refractivity contribution is 9.08. The molecule has 2 N–H and O–H groups in total. The fourth-order valence-electron chi connectivity index (χ4n) is 3.73. The minimum Gasteiger partial charge on any atom is -0.496 e. The summed E-state index contributed by atoms with van der Waals surface area (Å²) in [4.78, 5) is 14.9. The van der Waals surface area contributed by atoms with Crippen LogP contribution in [-0.2, 0) is 20.8 Å². The zero-order valence-corrected chi connectivity index (χ0v) is 22.6. The zero-order chi connectivity index (χ0) is 26.0. The van der Waals surface area contributed by atoms with Gasteiger partial charge in [0.1, 0.15) is 11.6 Å². The third kappa shape index (κ3) is 6.61. The molecule has 1 aromatic heterocycles. The van der Waals surface area contributed by atoms with Gasteiger partial charge in [0.25, 0.3) is 5.56 Å². The minimum atomic E-state index is -3.39. The van der Waals surface area contributed by atoms with E-state index in [-0.39, 0.29) is 16.5 Å². The summed E-state index contributed by atoms with van der Waals surface area (Å²) in [6.07, 6.45) is 5.90. The van der Waals surface area contributed by atoms with Gasteiger partial charge in [-0.3, -0.25) is 9.52 Å². The Labute approximate surface area is 213 Å². The number of H-pyrrole nitrogens is 1. The van der Waals surface area contributed by atoms with Crippen LogP contribution < -0.4 is 15.0 Å². The normalized spacial score (nSPS) is 12.2. The molecule has 0 fully saturated rings. The molecule has 3 aromatic rings. The van der Waals surface area contributed by atoms with Gasteiger partial charge in [0.2, 0.25) is 10.0 Å². The average Bonchev–Trinajstić information content (AvgIpc) is 2.77. The van der Waals surface area contributed by atoms with Crippen molar-refractivity contribution < 1.29 is 17.5 Å². The Hall–Kier alpha value is -2.91. The second-order valence-electron chi connectivity index (χ2n) is 9.21. The molecule has 0 aliphatic heterocycles. The van der Waals surface area contributed by atoms with Gasteiger partial charge in [-0.2, -0.15) is 0 Å². The van der Waals surface area contributed by atoms with E-state index in [1.54, 1.807) is 25.3 Å². The van der Waals surface area contributed by atoms with Crippen LogP contribution in [0.1, 0.15) is 43.0 Å². The van der Waals surface area contributed by atoms with Gasteiger partial charge in [0.05, 0.1) is 13.4 Å². The van der Waals surface area contributed by atoms with E-state index in [0.29, 0.717) is 22.3 Å². The van der Waals surface area contributed by atoms with Crippen molar-refractivity contribution in [1.82, 2.24) is 4.98 Å². The van der Waals surface area contributed by atoms with Crippen LogP contribution >= 0.6 is 15.9 Å². The van der Waals surface area contributed by atoms with Crippen LogP contribution in [0.4, 0.5) is 10.1 Å². The van der Waals surface area contributed by atoms with E-state index in [0.717, 1.165) is 34.7 Å². The lowest BCUT2D eigenvalue weighted by Crippen LogP contribution is -2.15. The zero-order valence-electron chi connectivity index (χ0n) is 20.2. The standard InChI is InChI=1S/C26H28BrFN2O4S/c1-26(2,3)23-12-18(22-13-20(28)15-29-25(22)31)10-17(24(23)34-4)7-6-16-8-9-21(11-19(16)14-27)30-35(5,32)33/h6-13,15,30H,14H2,1-5H3,(H,29,31). The Morgan fingerprint density at radius 3 is 2.40 bits per heavy atom. The van der Waals surface area contributed by atoms with E-state index in [1.165, 1.54) is 6.07 Å². The number of alkyl halides is 1. The summed E-state index contributed by atoms with van der Waals surface area (Å²) in [7, 11) is -1.80. The van der Waals surface area contributed by atoms with Crippen molar-refractivity contribution in [2.24, 2.45) is 0 Å². The first-order chi connectivity index (χ1) is 16.3. The first-order valence-corrected chi connectivity index (χ1v) is 13.8. The van der Waals surface area contributed by atoms with Crippen molar-refractivity contribution in [3.8, 4) is 16.9 Å². The number of aromatic nitrogens is 1. The predicted molar refractivity (Wildman–Crippen MR) is 144 cm³/mol. The van der Waals surface area contributed by atoms with Crippen molar-refractivity contribution in [3.05, 3.63) is 81.0 Å². The highest BCUT2D eigenvalue weighted by Gasteiger charge is 2.23. The molecule has 186 valence electrons. The monoisotopic (exact) mass is 562 g/mol. The number of halogens is 2. The number of hydrogen-bond donors (Lipinski definition) is 2. The van der Waals surface area contributed by atoms with Crippen LogP contribution in [0.25, 0.3) is 23.3 Å². The van der Waals surface area contributed by atoms with Gasteiger partial charge in [-0.05, 0) is 52.4 Å². The van der Waals surface area contributed by atoms with E-state index in [4.69, 9.17) is 4.74 Å². The van der Waals surface area contributed by atoms with Gasteiger partial charge in [0, 0.05) is 33.9 Å². The van der Waals surface area contributed by atoms with Crippen LogP contribution in [0.15, 0.2) is 47.4 Å². The number of hydrogen-bond acceptors (Lipinski definition) is 4. The summed E-state index contributed by atoms with van der Waals surface area (Å²) in [6.45, 7) is 6.11. The molecule has 0 radical (unpaired) electrons. The molecule has 3 rings (SSSR count). The van der Waals surface area contributed by atoms with Crippen LogP contribution in [0.2, 0.25) is 0 Å². The van der Waals surface area contributed by atoms with Crippen LogP contribution in [0, 0.1) is 5.82 Å². The first kappa shape index (κ1) is 26.7. The number of rotatable bonds is 7. The maximum absolute atomic E-state index is 13.9. The summed E-state index contributed by atoms with van der Waals surface area (Å²) >= 11 is 3.46. The summed E-state index contributed by atoms with van der Waals surface area (Å²) in [5.41, 5.74) is 3.91. The van der Waals surface area contributed by atoms with Gasteiger partial charge in [-0.1, -0.05) is 54.9 Å². The molecule has 0 amide bonds. The number of pyridine rings is 1. The Morgan fingerprint density at radius 2 is 1.80 bits per heavy atom. The summed E-state index contributed by atoms with van der Waals surface area (Å²) in [5, 5.41) is 0.509. The van der Waals surface area contributed by atoms with E-state index in [9.17, 15) is 17.6 Å². The molecule has 0 aliphatic carbocycles. The Morgan fingerprint density at radius 1 is 1.11 bits per heavy atom. The fourth-order valence-corrected chi connectivity index (χ4v) is 4.77. The Bertz CT molecular complexity index is 1440. The van der Waals surface area contributed by atoms with Gasteiger partial charge in [-0.25, -0.2) is 12.8 Å². The maximum Gasteiger partial charge on any atom is 0.256 e. The van der Waals surface area contributed by atoms with Crippen molar-refractivity contribution >= 4 is 43.8 Å². The topological polar surface area (TPSA) is 88.3 Å². The Kier molecular flexibility index (Phi) is 7.91. The van der Waals surface area contributed by atoms with Crippen molar-refractivity contribution in [2.75, 3.05) is 18.1 Å². The lowest BCUT2D eigenvalue weighted by atomic mass is 9.83. The molecular weight excluding hydrogens is 535 g/mol. The molecule has 0 unspecified atom stereocenters. The summed E-state index contributed by atoms with van der Waals surface area (Å²) < 4.78 is 45.3. The first-order valence-electron chi connectivity index (χ1n) is 10.8. The SMILES string of the molecule is COc1c(C=Cc2ccc(NS(C)(=O)=O)cc2CBr)cc(-c2cc(F)c[nH]c2=O)cc1C(C)(C)C. The predicted octanol–water partition coefficient (Wildman–Crippen LogP) is 5.92. The number of aromatic amines is 1. The smallest absolute Gasteiger partial charge is 0.256 e. The number of nitrogens with one attached hydrogen (secondary N) is 2. The second-order valence-corrected chi connectivity index (χ2v) is 11.5. The van der Waals surface area contributed by atoms with Crippen molar-refractivity contribution in [3.63, 3.8) is 0 Å². The molecular formula is C26H28BrFN2O4S. The van der Waals surface area contributed by atoms with E-state index < -0.39 is 15.8 Å². The van der Waals surface area contributed by atoms with Gasteiger partial charge >= 0.3 is 0 Å². The van der Waals surface area contributed by atoms with Gasteiger partial charge < -0.3 is 9.72 Å². The van der Waals surface area contributed by atoms with Crippen LogP contribution in [0.5, 0.6) is 5.75 Å². The number of methoxy groups -OCH3 is 1. The number of anilines is 1. The van der Waals surface area contributed by atoms with E-state index in [1.807, 2.05) is 45.1 Å². The molecule has 0 atom stereocenters. The molecule has 1 heterocycles. The summed E-state index contributed by atoms with van der Waals surface area (Å²) in [5.74, 6) is 0.121. The maximum atomic E-state index is 13.9. The van der Waals surface area contributed by atoms with Crippen molar-refractivity contribution in [1.29, 1.82) is 0 Å². The quantitative estimate of drug-likeness (QED) is 0.276. The lowest BCUT2D eigenvalue weighted by molar-refractivity contribution is 0.397. The fraction of sp³-hybridized carbons (Fsp3) is 0.269. The molecule has 9 heteroatoms. The number of sulfonamides is 1. The molecule has 0 bridgehead atoms. The number of ether oxygens (including phenoxy) is 1. The average molecular weight is 563 g/mol. The van der Waals surface area contributed by atoms with E-state index >= 15 is 0 Å². The summed E-state index contributed by atoms with van der Waals surface area (Å²) in [6, 6.07) is 10.1. The molecule has 6 nitrogen and oxygen atoms in total. The van der Waals surface area contributed by atoms with Crippen LogP contribution in [0.3, 0.4) is 0 Å². The van der Waals surface area contributed by atoms with E-state index in [2.05, 4.69) is 25.6 Å². The lowest BCUT2D eigenvalue weighted by Gasteiger charge is -2.24. The highest BCUT2D eigenvalue weighted by atomic mass is 79.9. The van der Waals surface area contributed by atoms with Gasteiger partial charge in [0.15, 0.2) is 0 Å². The molecule has 0 aliphatic rings. The largest absolute Gasteiger partial charge is 0.496 e. The second kappa shape index (κ2) is 10.4.